The van der Waals surface area contributed by atoms with Crippen molar-refractivity contribution in [2.24, 2.45) is 0 Å². The van der Waals surface area contributed by atoms with Crippen LogP contribution in [-0.2, 0) is 64.7 Å². The molecule has 0 saturated heterocycles. The van der Waals surface area contributed by atoms with Crippen molar-refractivity contribution in [3.8, 4) is 0 Å². The van der Waals surface area contributed by atoms with Crippen LogP contribution in [0.3, 0.4) is 0 Å². The molecule has 0 aromatic heterocycles. The van der Waals surface area contributed by atoms with Gasteiger partial charge in [-0.05, 0) is 62.5 Å². The molecule has 0 heterocycles. The molecule has 27 heavy (non-hydrogen) atoms. The second-order valence-electron chi connectivity index (χ2n) is 8.10. The number of fused-ring (bicyclic) bond motifs is 4. The minimum atomic E-state index is 0. The van der Waals surface area contributed by atoms with Gasteiger partial charge >= 0.3 is 26.2 Å². The molecule has 0 unspecified atom stereocenters. The molecule has 0 fully saturated rings. The molecule has 4 aliphatic carbocycles. The molecule has 0 radical (unpaired) electrons. The summed E-state index contributed by atoms with van der Waals surface area (Å²) >= 11 is 0. The van der Waals surface area contributed by atoms with Gasteiger partial charge in [-0.3, -0.25) is 12.2 Å². The molecule has 134 valence electrons. The summed E-state index contributed by atoms with van der Waals surface area (Å²) in [6.07, 6.45) is 23.6. The van der Waals surface area contributed by atoms with Crippen LogP contribution in [0, 0.1) is 12.2 Å². The molecule has 6 rings (SSSR count). The van der Waals surface area contributed by atoms with Gasteiger partial charge in [-0.15, -0.1) is 36.1 Å². The van der Waals surface area contributed by atoms with E-state index in [-0.39, 0.29) is 26.2 Å². The fourth-order valence-corrected chi connectivity index (χ4v) is 4.83. The summed E-state index contributed by atoms with van der Waals surface area (Å²) in [6.45, 7) is 0. The second kappa shape index (κ2) is 8.44. The maximum Gasteiger partial charge on any atom is 2.00 e. The molecule has 0 atom stereocenters. The van der Waals surface area contributed by atoms with Crippen molar-refractivity contribution in [3.05, 3.63) is 80.9 Å². The Balaban J connectivity index is 0.000000129. The number of rotatable bonds is 0. The topological polar surface area (TPSA) is 0 Å². The van der Waals surface area contributed by atoms with Gasteiger partial charge in [0.2, 0.25) is 0 Å². The Labute approximate surface area is 182 Å². The Morgan fingerprint density at radius 3 is 1.26 bits per heavy atom. The van der Waals surface area contributed by atoms with Crippen molar-refractivity contribution in [1.82, 2.24) is 0 Å². The third-order valence-electron chi connectivity index (χ3n) is 6.31. The first-order chi connectivity index (χ1) is 12.9. The van der Waals surface area contributed by atoms with Crippen LogP contribution in [-0.4, -0.2) is 0 Å². The van der Waals surface area contributed by atoms with Crippen LogP contribution in [0.4, 0.5) is 0 Å². The van der Waals surface area contributed by atoms with Crippen LogP contribution in [0.25, 0.3) is 12.2 Å². The summed E-state index contributed by atoms with van der Waals surface area (Å²) in [4.78, 5) is 0. The summed E-state index contributed by atoms with van der Waals surface area (Å²) in [5.74, 6) is 0. The molecule has 2 aromatic rings. The molecular weight excluding hydrogens is 404 g/mol. The van der Waals surface area contributed by atoms with Crippen LogP contribution < -0.4 is 0 Å². The van der Waals surface area contributed by atoms with E-state index in [0.29, 0.717) is 0 Å². The van der Waals surface area contributed by atoms with E-state index in [1.807, 2.05) is 0 Å². The van der Waals surface area contributed by atoms with Gasteiger partial charge in [-0.25, -0.2) is 12.2 Å². The van der Waals surface area contributed by atoms with Crippen LogP contribution >= 0.6 is 0 Å². The zero-order valence-electron chi connectivity index (χ0n) is 16.0. The van der Waals surface area contributed by atoms with Gasteiger partial charge in [-0.2, -0.15) is 11.1 Å². The molecule has 0 nitrogen and oxygen atoms in total. The first-order valence-corrected chi connectivity index (χ1v) is 10.3. The molecule has 0 saturated carbocycles. The van der Waals surface area contributed by atoms with E-state index >= 15 is 0 Å². The van der Waals surface area contributed by atoms with Crippen molar-refractivity contribution < 1.29 is 26.2 Å². The predicted molar refractivity (Wildman–Crippen MR) is 109 cm³/mol. The minimum Gasteiger partial charge on any atom is -0.272 e. The zero-order valence-corrected chi connectivity index (χ0v) is 18.5. The average Bonchev–Trinajstić information content (AvgIpc) is 3.33. The number of hydrogen-bond donors (Lipinski definition) is 0. The van der Waals surface area contributed by atoms with Crippen molar-refractivity contribution in [3.63, 3.8) is 0 Å². The van der Waals surface area contributed by atoms with Gasteiger partial charge in [0.1, 0.15) is 0 Å². The van der Waals surface area contributed by atoms with Crippen molar-refractivity contribution in [2.45, 2.75) is 64.2 Å². The molecule has 4 aliphatic rings. The smallest absolute Gasteiger partial charge is 0.272 e. The molecule has 0 amide bonds. The van der Waals surface area contributed by atoms with E-state index in [4.69, 9.17) is 0 Å². The Morgan fingerprint density at radius 2 is 0.852 bits per heavy atom. The number of benzene rings is 2. The van der Waals surface area contributed by atoms with Crippen LogP contribution in [0.2, 0.25) is 0 Å². The van der Waals surface area contributed by atoms with E-state index < -0.39 is 0 Å². The van der Waals surface area contributed by atoms with Crippen LogP contribution in [0.15, 0.2) is 24.3 Å². The maximum absolute atomic E-state index is 3.29. The fourth-order valence-electron chi connectivity index (χ4n) is 4.83. The van der Waals surface area contributed by atoms with Gasteiger partial charge in [0, 0.05) is 0 Å². The summed E-state index contributed by atoms with van der Waals surface area (Å²) in [6, 6.07) is 9.56. The van der Waals surface area contributed by atoms with E-state index in [9.17, 15) is 0 Å². The quantitative estimate of drug-likeness (QED) is 0.459. The minimum absolute atomic E-state index is 0. The monoisotopic (exact) mass is 428 g/mol. The van der Waals surface area contributed by atoms with Crippen molar-refractivity contribution in [2.75, 3.05) is 0 Å². The van der Waals surface area contributed by atoms with E-state index in [1.54, 1.807) is 22.3 Å². The summed E-state index contributed by atoms with van der Waals surface area (Å²) < 4.78 is 0. The number of aryl methyl sites for hydroxylation is 4. The first kappa shape index (κ1) is 19.1. The SMILES string of the molecule is [C-]1=Cc2cc3c(cc2C1)CCCC3.[C-]1=Cc2cc3c(cc2C1)CCCC3.[Zr+2]. The fraction of sp³-hybridized carbons (Fsp3) is 0.385. The van der Waals surface area contributed by atoms with E-state index in [0.717, 1.165) is 12.8 Å². The largest absolute Gasteiger partial charge is 2.00 e. The standard InChI is InChI=1S/2C13H13.Zr/c2*1-2-5-11-9-13-7-3-6-12(13)8-10(11)4-1;/h2*6,8-9H,1-2,4-5,7H2;/q2*-1;+2. The van der Waals surface area contributed by atoms with E-state index in [2.05, 4.69) is 48.6 Å². The van der Waals surface area contributed by atoms with E-state index in [1.165, 1.54) is 73.6 Å². The van der Waals surface area contributed by atoms with Gasteiger partial charge in [0.05, 0.1) is 0 Å². The second-order valence-corrected chi connectivity index (χ2v) is 8.10. The molecule has 0 aliphatic heterocycles. The van der Waals surface area contributed by atoms with Crippen LogP contribution in [0.1, 0.15) is 70.2 Å². The molecule has 0 N–H and O–H groups in total. The Morgan fingerprint density at radius 1 is 0.481 bits per heavy atom. The summed E-state index contributed by atoms with van der Waals surface area (Å²) in [7, 11) is 0. The Kier molecular flexibility index (Phi) is 5.98. The van der Waals surface area contributed by atoms with Gasteiger partial charge in [0.25, 0.3) is 0 Å². The third kappa shape index (κ3) is 4.00. The summed E-state index contributed by atoms with van der Waals surface area (Å²) in [5, 5.41) is 0. The van der Waals surface area contributed by atoms with Gasteiger partial charge in [0.15, 0.2) is 0 Å². The first-order valence-electron chi connectivity index (χ1n) is 10.3. The molecule has 0 spiro atoms. The average molecular weight is 430 g/mol. The third-order valence-corrected chi connectivity index (χ3v) is 6.31. The predicted octanol–water partition coefficient (Wildman–Crippen LogP) is 5.87. The molecular formula is C26H26Zr. The van der Waals surface area contributed by atoms with Crippen LogP contribution in [0.5, 0.6) is 0 Å². The van der Waals surface area contributed by atoms with Gasteiger partial charge < -0.3 is 0 Å². The Bertz CT molecular complexity index is 825. The molecule has 0 bridgehead atoms. The summed E-state index contributed by atoms with van der Waals surface area (Å²) in [5.41, 5.74) is 12.2. The Hall–Kier alpha value is -1.20. The molecule has 1 heteroatoms. The van der Waals surface area contributed by atoms with Gasteiger partial charge in [-0.1, -0.05) is 23.3 Å². The maximum atomic E-state index is 3.29. The zero-order chi connectivity index (χ0) is 17.3. The van der Waals surface area contributed by atoms with Crippen molar-refractivity contribution >= 4 is 12.2 Å². The molecule has 2 aromatic carbocycles. The number of hydrogen-bond acceptors (Lipinski definition) is 0. The number of allylic oxidation sites excluding steroid dienone is 2. The normalized spacial score (nSPS) is 17.8. The van der Waals surface area contributed by atoms with Crippen molar-refractivity contribution in [1.29, 1.82) is 0 Å².